The molecular formula is C11H14F2N2O. The van der Waals surface area contributed by atoms with Gasteiger partial charge in [0.15, 0.2) is 0 Å². The van der Waals surface area contributed by atoms with Gasteiger partial charge in [0.05, 0.1) is 0 Å². The molecule has 16 heavy (non-hydrogen) atoms. The highest BCUT2D eigenvalue weighted by atomic mass is 19.1. The molecule has 0 aliphatic heterocycles. The Bertz CT molecular complexity index is 349. The zero-order valence-corrected chi connectivity index (χ0v) is 8.80. The Kier molecular flexibility index (Phi) is 4.85. The molecule has 0 aliphatic rings. The van der Waals surface area contributed by atoms with Gasteiger partial charge in [-0.2, -0.15) is 0 Å². The van der Waals surface area contributed by atoms with E-state index in [-0.39, 0.29) is 12.3 Å². The van der Waals surface area contributed by atoms with Gasteiger partial charge in [-0.15, -0.1) is 0 Å². The van der Waals surface area contributed by atoms with Gasteiger partial charge in [0.25, 0.3) is 0 Å². The molecule has 0 aliphatic carbocycles. The summed E-state index contributed by atoms with van der Waals surface area (Å²) in [4.78, 5) is 10.4. The maximum atomic E-state index is 12.8. The smallest absolute Gasteiger partial charge is 0.218 e. The van der Waals surface area contributed by atoms with E-state index in [2.05, 4.69) is 5.32 Å². The van der Waals surface area contributed by atoms with Gasteiger partial charge in [-0.3, -0.25) is 4.79 Å². The lowest BCUT2D eigenvalue weighted by molar-refractivity contribution is -0.117. The molecule has 5 heteroatoms. The van der Waals surface area contributed by atoms with Gasteiger partial charge in [0.1, 0.15) is 11.6 Å². The second kappa shape index (κ2) is 6.17. The Morgan fingerprint density at radius 1 is 1.19 bits per heavy atom. The number of benzene rings is 1. The number of hydrogen-bond donors (Lipinski definition) is 2. The average molecular weight is 228 g/mol. The number of rotatable bonds is 6. The highest BCUT2D eigenvalue weighted by molar-refractivity contribution is 5.73. The van der Waals surface area contributed by atoms with Gasteiger partial charge >= 0.3 is 0 Å². The largest absolute Gasteiger partial charge is 0.370 e. The Labute approximate surface area is 92.6 Å². The van der Waals surface area contributed by atoms with Gasteiger partial charge in [0.2, 0.25) is 5.91 Å². The van der Waals surface area contributed by atoms with Crippen molar-refractivity contribution in [2.24, 2.45) is 5.73 Å². The Morgan fingerprint density at radius 3 is 2.38 bits per heavy atom. The van der Waals surface area contributed by atoms with Crippen LogP contribution in [0.4, 0.5) is 8.78 Å². The summed E-state index contributed by atoms with van der Waals surface area (Å²) in [5.41, 5.74) is 5.53. The first-order chi connectivity index (χ1) is 7.58. The van der Waals surface area contributed by atoms with E-state index in [4.69, 9.17) is 5.73 Å². The van der Waals surface area contributed by atoms with E-state index in [1.165, 1.54) is 12.1 Å². The molecule has 0 atom stereocenters. The number of nitrogens with two attached hydrogens (primary N) is 1. The van der Waals surface area contributed by atoms with Crippen molar-refractivity contribution in [3.8, 4) is 0 Å². The number of primary amides is 1. The van der Waals surface area contributed by atoms with Gasteiger partial charge < -0.3 is 11.1 Å². The van der Waals surface area contributed by atoms with Crippen molar-refractivity contribution >= 4 is 5.91 Å². The summed E-state index contributed by atoms with van der Waals surface area (Å²) in [7, 11) is 0. The van der Waals surface area contributed by atoms with Crippen LogP contribution in [0.15, 0.2) is 18.2 Å². The van der Waals surface area contributed by atoms with E-state index in [1.54, 1.807) is 0 Å². The van der Waals surface area contributed by atoms with Crippen LogP contribution in [0.5, 0.6) is 0 Å². The summed E-state index contributed by atoms with van der Waals surface area (Å²) in [5, 5.41) is 2.96. The summed E-state index contributed by atoms with van der Waals surface area (Å²) in [5.74, 6) is -1.52. The van der Waals surface area contributed by atoms with Crippen LogP contribution in [-0.4, -0.2) is 19.0 Å². The van der Waals surface area contributed by atoms with E-state index in [0.717, 1.165) is 6.07 Å². The van der Waals surface area contributed by atoms with Crippen LogP contribution in [0.1, 0.15) is 12.0 Å². The van der Waals surface area contributed by atoms with Gasteiger partial charge in [-0.05, 0) is 30.7 Å². The Balaban J connectivity index is 2.29. The maximum Gasteiger partial charge on any atom is 0.218 e. The normalized spacial score (nSPS) is 10.4. The zero-order valence-electron chi connectivity index (χ0n) is 8.80. The van der Waals surface area contributed by atoms with Crippen LogP contribution in [0, 0.1) is 11.6 Å². The SMILES string of the molecule is NC(=O)CCNCCc1cc(F)cc(F)c1. The van der Waals surface area contributed by atoms with Gasteiger partial charge in [0, 0.05) is 19.0 Å². The van der Waals surface area contributed by atoms with Crippen molar-refractivity contribution in [2.45, 2.75) is 12.8 Å². The first-order valence-corrected chi connectivity index (χ1v) is 5.02. The predicted molar refractivity (Wildman–Crippen MR) is 56.7 cm³/mol. The molecule has 0 fully saturated rings. The number of hydrogen-bond acceptors (Lipinski definition) is 2. The molecular weight excluding hydrogens is 214 g/mol. The molecule has 0 saturated heterocycles. The quantitative estimate of drug-likeness (QED) is 0.713. The van der Waals surface area contributed by atoms with Crippen LogP contribution in [0.25, 0.3) is 0 Å². The van der Waals surface area contributed by atoms with Crippen LogP contribution in [-0.2, 0) is 11.2 Å². The molecule has 1 aromatic rings. The molecule has 1 amide bonds. The summed E-state index contributed by atoms with van der Waals surface area (Å²) >= 11 is 0. The lowest BCUT2D eigenvalue weighted by atomic mass is 10.1. The molecule has 0 spiro atoms. The summed E-state index contributed by atoms with van der Waals surface area (Å²) in [6.45, 7) is 1.03. The molecule has 0 bridgehead atoms. The van der Waals surface area contributed by atoms with E-state index >= 15 is 0 Å². The van der Waals surface area contributed by atoms with E-state index < -0.39 is 11.6 Å². The molecule has 3 N–H and O–H groups in total. The predicted octanol–water partition coefficient (Wildman–Crippen LogP) is 0.972. The maximum absolute atomic E-state index is 12.8. The summed E-state index contributed by atoms with van der Waals surface area (Å²) in [6, 6.07) is 3.42. The number of amides is 1. The fourth-order valence-electron chi connectivity index (χ4n) is 1.32. The third kappa shape index (κ3) is 4.84. The standard InChI is InChI=1S/C11H14F2N2O/c12-9-5-8(6-10(13)7-9)1-3-15-4-2-11(14)16/h5-7,15H,1-4H2,(H2,14,16). The molecule has 88 valence electrons. The minimum absolute atomic E-state index is 0.261. The van der Waals surface area contributed by atoms with Crippen molar-refractivity contribution in [2.75, 3.05) is 13.1 Å². The Hall–Kier alpha value is -1.49. The van der Waals surface area contributed by atoms with Crippen molar-refractivity contribution < 1.29 is 13.6 Å². The molecule has 0 saturated carbocycles. The summed E-state index contributed by atoms with van der Waals surface area (Å²) < 4.78 is 25.6. The van der Waals surface area contributed by atoms with Crippen molar-refractivity contribution in [3.05, 3.63) is 35.4 Å². The molecule has 0 radical (unpaired) electrons. The van der Waals surface area contributed by atoms with Gasteiger partial charge in [-0.1, -0.05) is 0 Å². The number of carbonyl (C=O) groups is 1. The minimum Gasteiger partial charge on any atom is -0.370 e. The van der Waals surface area contributed by atoms with E-state index in [0.29, 0.717) is 25.1 Å². The Morgan fingerprint density at radius 2 is 1.81 bits per heavy atom. The second-order valence-electron chi connectivity index (χ2n) is 3.49. The highest BCUT2D eigenvalue weighted by Gasteiger charge is 2.00. The zero-order chi connectivity index (χ0) is 12.0. The molecule has 3 nitrogen and oxygen atoms in total. The highest BCUT2D eigenvalue weighted by Crippen LogP contribution is 2.07. The molecule has 0 aromatic heterocycles. The number of nitrogens with one attached hydrogen (secondary N) is 1. The monoisotopic (exact) mass is 228 g/mol. The summed E-state index contributed by atoms with van der Waals surface area (Å²) in [6.07, 6.45) is 0.769. The van der Waals surface area contributed by atoms with Crippen molar-refractivity contribution in [1.29, 1.82) is 0 Å². The molecule has 1 aromatic carbocycles. The molecule has 1 rings (SSSR count). The second-order valence-corrected chi connectivity index (χ2v) is 3.49. The first kappa shape index (κ1) is 12.6. The van der Waals surface area contributed by atoms with Crippen LogP contribution < -0.4 is 11.1 Å². The number of carbonyl (C=O) groups excluding carboxylic acids is 1. The average Bonchev–Trinajstić information content (AvgIpc) is 2.15. The van der Waals surface area contributed by atoms with Crippen molar-refractivity contribution in [1.82, 2.24) is 5.32 Å². The third-order valence-corrected chi connectivity index (χ3v) is 2.06. The van der Waals surface area contributed by atoms with E-state index in [9.17, 15) is 13.6 Å². The molecule has 0 unspecified atom stereocenters. The molecule has 0 heterocycles. The van der Waals surface area contributed by atoms with Crippen molar-refractivity contribution in [3.63, 3.8) is 0 Å². The lowest BCUT2D eigenvalue weighted by Gasteiger charge is -2.04. The van der Waals surface area contributed by atoms with Crippen LogP contribution >= 0.6 is 0 Å². The van der Waals surface area contributed by atoms with Crippen LogP contribution in [0.3, 0.4) is 0 Å². The third-order valence-electron chi connectivity index (χ3n) is 2.06. The fraction of sp³-hybridized carbons (Fsp3) is 0.364. The van der Waals surface area contributed by atoms with Crippen LogP contribution in [0.2, 0.25) is 0 Å². The lowest BCUT2D eigenvalue weighted by Crippen LogP contribution is -2.23. The van der Waals surface area contributed by atoms with E-state index in [1.807, 2.05) is 0 Å². The topological polar surface area (TPSA) is 55.1 Å². The fourth-order valence-corrected chi connectivity index (χ4v) is 1.32. The minimum atomic E-state index is -0.577. The number of halogens is 2. The first-order valence-electron chi connectivity index (χ1n) is 5.02. The van der Waals surface area contributed by atoms with Gasteiger partial charge in [-0.25, -0.2) is 8.78 Å².